The summed E-state index contributed by atoms with van der Waals surface area (Å²) in [6.07, 6.45) is 1.46. The third kappa shape index (κ3) is 4.77. The molecule has 1 aliphatic rings. The minimum absolute atomic E-state index is 0.104. The monoisotopic (exact) mass is 476 g/mol. The smallest absolute Gasteiger partial charge is 0.341 e. The van der Waals surface area contributed by atoms with E-state index in [2.05, 4.69) is 15.6 Å². The fourth-order valence-corrected chi connectivity index (χ4v) is 4.06. The number of fused-ring (bicyclic) bond motifs is 1. The van der Waals surface area contributed by atoms with Crippen molar-refractivity contribution in [3.63, 3.8) is 0 Å². The maximum Gasteiger partial charge on any atom is 0.341 e. The van der Waals surface area contributed by atoms with Gasteiger partial charge in [0.05, 0.1) is 0 Å². The number of carbonyl (C=O) groups is 4. The average molecular weight is 476 g/mol. The van der Waals surface area contributed by atoms with Crippen LogP contribution in [0.15, 0.2) is 53.5 Å². The number of carbonyl (C=O) groups excluding carboxylic acids is 3. The molecule has 4 rings (SSSR count). The Balaban J connectivity index is 1.42. The first-order valence-electron chi connectivity index (χ1n) is 11.0. The van der Waals surface area contributed by atoms with Crippen LogP contribution in [0.25, 0.3) is 10.9 Å². The number of aromatic carboxylic acids is 1. The molecule has 10 heteroatoms. The van der Waals surface area contributed by atoms with Crippen LogP contribution in [0.2, 0.25) is 0 Å². The van der Waals surface area contributed by atoms with Gasteiger partial charge in [-0.25, -0.2) is 4.79 Å². The van der Waals surface area contributed by atoms with Crippen LogP contribution in [-0.2, 0) is 14.4 Å². The van der Waals surface area contributed by atoms with Gasteiger partial charge >= 0.3 is 5.97 Å². The van der Waals surface area contributed by atoms with Gasteiger partial charge in [0.2, 0.25) is 23.2 Å². The summed E-state index contributed by atoms with van der Waals surface area (Å²) in [5.41, 5.74) is 1.32. The van der Waals surface area contributed by atoms with E-state index in [1.807, 2.05) is 31.2 Å². The highest BCUT2D eigenvalue weighted by molar-refractivity contribution is 6.10. The molecule has 0 spiro atoms. The Kier molecular flexibility index (Phi) is 6.37. The quantitative estimate of drug-likeness (QED) is 0.400. The van der Waals surface area contributed by atoms with Gasteiger partial charge in [-0.2, -0.15) is 0 Å². The van der Waals surface area contributed by atoms with Crippen LogP contribution >= 0.6 is 0 Å². The molecule has 35 heavy (non-hydrogen) atoms. The molecule has 2 aromatic carbocycles. The normalized spacial score (nSPS) is 16.2. The number of rotatable bonds is 6. The van der Waals surface area contributed by atoms with Crippen LogP contribution in [0.3, 0.4) is 0 Å². The molecule has 0 radical (unpaired) electrons. The number of amides is 3. The van der Waals surface area contributed by atoms with E-state index in [-0.39, 0.29) is 17.0 Å². The largest absolute Gasteiger partial charge is 0.477 e. The summed E-state index contributed by atoms with van der Waals surface area (Å²) in [6.45, 7) is 3.82. The molecule has 1 unspecified atom stereocenters. The molecule has 1 aromatic heterocycles. The number of aryl methyl sites for hydroxylation is 1. The van der Waals surface area contributed by atoms with Gasteiger partial charge in [-0.05, 0) is 56.2 Å². The summed E-state index contributed by atoms with van der Waals surface area (Å²) in [7, 11) is 0. The maximum absolute atomic E-state index is 12.8. The first-order chi connectivity index (χ1) is 16.7. The number of pyridine rings is 1. The highest BCUT2D eigenvalue weighted by atomic mass is 16.4. The molecule has 1 saturated heterocycles. The van der Waals surface area contributed by atoms with Gasteiger partial charge in [0.25, 0.3) is 0 Å². The van der Waals surface area contributed by atoms with Crippen molar-refractivity contribution in [1.82, 2.24) is 10.3 Å². The number of anilines is 2. The van der Waals surface area contributed by atoms with Crippen LogP contribution in [0, 0.1) is 12.8 Å². The van der Waals surface area contributed by atoms with Gasteiger partial charge in [0, 0.05) is 35.0 Å². The second kappa shape index (κ2) is 9.41. The van der Waals surface area contributed by atoms with E-state index < -0.39 is 40.7 Å². The number of benzene rings is 2. The average Bonchev–Trinajstić information content (AvgIpc) is 3.20. The minimum Gasteiger partial charge on any atom is -0.477 e. The molecule has 1 aliphatic heterocycles. The predicted molar refractivity (Wildman–Crippen MR) is 129 cm³/mol. The second-order valence-electron chi connectivity index (χ2n) is 8.49. The highest BCUT2D eigenvalue weighted by Crippen LogP contribution is 2.26. The van der Waals surface area contributed by atoms with Gasteiger partial charge in [-0.3, -0.25) is 19.2 Å². The van der Waals surface area contributed by atoms with E-state index in [4.69, 9.17) is 5.11 Å². The number of hydrogen-bond donors (Lipinski definition) is 4. The van der Waals surface area contributed by atoms with E-state index in [1.54, 1.807) is 11.0 Å². The van der Waals surface area contributed by atoms with Gasteiger partial charge in [0.15, 0.2) is 0 Å². The Labute approximate surface area is 199 Å². The van der Waals surface area contributed by atoms with Crippen molar-refractivity contribution in [3.05, 3.63) is 70.0 Å². The van der Waals surface area contributed by atoms with Crippen molar-refractivity contribution < 1.29 is 24.3 Å². The Bertz CT molecular complexity index is 1410. The summed E-state index contributed by atoms with van der Waals surface area (Å²) in [4.78, 5) is 66.2. The van der Waals surface area contributed by atoms with Crippen molar-refractivity contribution in [3.8, 4) is 0 Å². The Morgan fingerprint density at radius 2 is 1.91 bits per heavy atom. The molecule has 2 atom stereocenters. The molecule has 10 nitrogen and oxygen atoms in total. The summed E-state index contributed by atoms with van der Waals surface area (Å²) in [6, 6.07) is 11.0. The zero-order valence-corrected chi connectivity index (χ0v) is 19.1. The number of aromatic nitrogens is 1. The lowest BCUT2D eigenvalue weighted by molar-refractivity contribution is -0.134. The van der Waals surface area contributed by atoms with Crippen molar-refractivity contribution in [1.29, 1.82) is 0 Å². The van der Waals surface area contributed by atoms with Gasteiger partial charge in [-0.1, -0.05) is 12.1 Å². The zero-order chi connectivity index (χ0) is 25.3. The third-order valence-corrected chi connectivity index (χ3v) is 5.97. The van der Waals surface area contributed by atoms with Gasteiger partial charge in [0.1, 0.15) is 17.5 Å². The molecule has 1 fully saturated rings. The Hall–Kier alpha value is -4.47. The molecule has 0 bridgehead atoms. The van der Waals surface area contributed by atoms with Crippen LogP contribution in [0.4, 0.5) is 11.4 Å². The topological polar surface area (TPSA) is 149 Å². The fraction of sp³-hybridized carbons (Fsp3) is 0.240. The summed E-state index contributed by atoms with van der Waals surface area (Å²) in [5, 5.41) is 14.4. The number of nitrogens with one attached hydrogen (secondary N) is 3. The Morgan fingerprint density at radius 1 is 1.14 bits per heavy atom. The number of hydrogen-bond acceptors (Lipinski definition) is 5. The number of H-pyrrole nitrogens is 1. The predicted octanol–water partition coefficient (Wildman–Crippen LogP) is 2.03. The van der Waals surface area contributed by atoms with E-state index in [0.717, 1.165) is 17.4 Å². The number of aromatic amines is 1. The zero-order valence-electron chi connectivity index (χ0n) is 19.1. The lowest BCUT2D eigenvalue weighted by atomic mass is 10.1. The third-order valence-electron chi connectivity index (χ3n) is 5.97. The first-order valence-corrected chi connectivity index (χ1v) is 11.0. The van der Waals surface area contributed by atoms with Crippen molar-refractivity contribution in [2.24, 2.45) is 5.92 Å². The van der Waals surface area contributed by atoms with Crippen LogP contribution in [0.5, 0.6) is 0 Å². The van der Waals surface area contributed by atoms with Crippen molar-refractivity contribution in [2.75, 3.05) is 16.8 Å². The lowest BCUT2D eigenvalue weighted by Gasteiger charge is -2.19. The molecule has 180 valence electrons. The van der Waals surface area contributed by atoms with Crippen LogP contribution in [-0.4, -0.2) is 46.4 Å². The molecular weight excluding hydrogens is 452 g/mol. The summed E-state index contributed by atoms with van der Waals surface area (Å²) < 4.78 is 0. The van der Waals surface area contributed by atoms with E-state index in [9.17, 15) is 24.0 Å². The fourth-order valence-electron chi connectivity index (χ4n) is 4.06. The second-order valence-corrected chi connectivity index (χ2v) is 8.49. The van der Waals surface area contributed by atoms with Crippen LogP contribution in [0.1, 0.15) is 29.3 Å². The summed E-state index contributed by atoms with van der Waals surface area (Å²) >= 11 is 0. The number of carboxylic acids is 1. The molecule has 0 aliphatic carbocycles. The maximum atomic E-state index is 12.8. The van der Waals surface area contributed by atoms with Gasteiger partial charge in [-0.15, -0.1) is 0 Å². The van der Waals surface area contributed by atoms with Crippen LogP contribution < -0.4 is 21.0 Å². The van der Waals surface area contributed by atoms with E-state index in [0.29, 0.717) is 18.5 Å². The molecule has 3 aromatic rings. The highest BCUT2D eigenvalue weighted by Gasteiger charge is 2.38. The van der Waals surface area contributed by atoms with Crippen molar-refractivity contribution in [2.45, 2.75) is 26.3 Å². The molecule has 0 saturated carbocycles. The molecular formula is C25H24N4O6. The van der Waals surface area contributed by atoms with E-state index >= 15 is 0 Å². The van der Waals surface area contributed by atoms with Gasteiger partial charge < -0.3 is 25.6 Å². The lowest BCUT2D eigenvalue weighted by Crippen LogP contribution is -2.46. The molecule has 4 N–H and O–H groups in total. The molecule has 3 amide bonds. The number of nitrogens with zero attached hydrogens (tertiary/aromatic N) is 1. The SMILES string of the molecule is Cc1cccc(N2CCC(C(=O)N[C@@H](C)C(=O)Nc3ccc4[nH]cc(C(=O)O)c(=O)c4c3)C2=O)c1. The minimum atomic E-state index is -1.36. The van der Waals surface area contributed by atoms with E-state index in [1.165, 1.54) is 19.1 Å². The molecule has 2 heterocycles. The van der Waals surface area contributed by atoms with Crippen molar-refractivity contribution >= 4 is 46.0 Å². The number of carboxylic acid groups (broad SMARTS) is 1. The Morgan fingerprint density at radius 3 is 2.63 bits per heavy atom. The first kappa shape index (κ1) is 23.7. The standard InChI is InChI=1S/C25H24N4O6/c1-13-4-3-5-16(10-13)29-9-8-17(24(29)33)23(32)27-14(2)22(31)28-15-6-7-20-18(11-15)21(30)19(12-26-20)25(34)35/h3-7,10-12,14,17H,8-9H2,1-2H3,(H,26,30)(H,27,32)(H,28,31)(H,34,35)/t14-,17?/m0/s1. The summed E-state index contributed by atoms with van der Waals surface area (Å²) in [5.74, 6) is -3.65.